The van der Waals surface area contributed by atoms with Gasteiger partial charge in [-0.25, -0.2) is 9.97 Å². The minimum absolute atomic E-state index is 0.922. The van der Waals surface area contributed by atoms with Crippen molar-refractivity contribution in [3.63, 3.8) is 0 Å². The lowest BCUT2D eigenvalue weighted by molar-refractivity contribution is 1.30. The zero-order chi connectivity index (χ0) is 32.3. The van der Waals surface area contributed by atoms with E-state index >= 15 is 0 Å². The van der Waals surface area contributed by atoms with E-state index in [1.165, 1.54) is 11.1 Å². The summed E-state index contributed by atoms with van der Waals surface area (Å²) in [4.78, 5) is 14.7. The Morgan fingerprint density at radius 1 is 0.286 bits per heavy atom. The predicted molar refractivity (Wildman–Crippen MR) is 203 cm³/mol. The summed E-state index contributed by atoms with van der Waals surface area (Å²) in [6.45, 7) is 0. The van der Waals surface area contributed by atoms with E-state index in [-0.39, 0.29) is 0 Å². The molecule has 0 spiro atoms. The zero-order valence-corrected chi connectivity index (χ0v) is 26.6. The Hall–Kier alpha value is -6.58. The lowest BCUT2D eigenvalue weighted by Gasteiger charge is -2.13. The maximum Gasteiger partial charge on any atom is 0.0730 e. The topological polar surface area (TPSA) is 41.6 Å². The molecule has 10 rings (SSSR count). The van der Waals surface area contributed by atoms with Gasteiger partial charge in [0.1, 0.15) is 0 Å². The molecule has 3 aromatic heterocycles. The van der Waals surface area contributed by atoms with E-state index in [0.717, 1.165) is 89.1 Å². The van der Waals surface area contributed by atoms with Crippen LogP contribution >= 0.6 is 0 Å². The van der Waals surface area contributed by atoms with Gasteiger partial charge in [0.05, 0.1) is 33.8 Å². The van der Waals surface area contributed by atoms with Gasteiger partial charge in [0.15, 0.2) is 0 Å². The van der Waals surface area contributed by atoms with Gasteiger partial charge >= 0.3 is 0 Å². The quantitative estimate of drug-likeness (QED) is 0.213. The Kier molecular flexibility index (Phi) is 6.18. The number of pyridine rings is 2. The first-order chi connectivity index (χ1) is 24.2. The number of nitrogens with one attached hydrogen (secondary N) is 1. The number of rotatable bonds is 3. The Labute approximate surface area is 284 Å². The van der Waals surface area contributed by atoms with Gasteiger partial charge in [-0.05, 0) is 100 Å². The van der Waals surface area contributed by atoms with Crippen molar-refractivity contribution in [2.45, 2.75) is 0 Å². The second kappa shape index (κ2) is 11.0. The molecule has 0 unspecified atom stereocenters. The van der Waals surface area contributed by atoms with E-state index < -0.39 is 0 Å². The van der Waals surface area contributed by atoms with Crippen LogP contribution in [0.4, 0.5) is 0 Å². The van der Waals surface area contributed by atoms with Gasteiger partial charge in [-0.3, -0.25) is 0 Å². The van der Waals surface area contributed by atoms with Crippen molar-refractivity contribution < 1.29 is 0 Å². The highest BCUT2D eigenvalue weighted by molar-refractivity contribution is 6.17. The van der Waals surface area contributed by atoms with Gasteiger partial charge in [0, 0.05) is 33.0 Å². The summed E-state index contributed by atoms with van der Waals surface area (Å²) in [5, 5.41) is 2.33. The summed E-state index contributed by atoms with van der Waals surface area (Å²) in [6.07, 6.45) is 0. The molecule has 4 heterocycles. The number of fused-ring (bicyclic) bond motifs is 11. The molecule has 228 valence electrons. The fraction of sp³-hybridized carbons (Fsp3) is 0. The van der Waals surface area contributed by atoms with Crippen LogP contribution in [0, 0.1) is 0 Å². The van der Waals surface area contributed by atoms with Crippen LogP contribution < -0.4 is 0 Å². The first-order valence-electron chi connectivity index (χ1n) is 16.7. The monoisotopic (exact) mass is 623 g/mol. The molecule has 1 aliphatic heterocycles. The number of aromatic amines is 1. The van der Waals surface area contributed by atoms with Crippen molar-refractivity contribution in [2.24, 2.45) is 0 Å². The van der Waals surface area contributed by atoms with Crippen molar-refractivity contribution in [1.29, 1.82) is 0 Å². The molecule has 1 N–H and O–H groups in total. The van der Waals surface area contributed by atoms with Crippen molar-refractivity contribution in [3.05, 3.63) is 170 Å². The van der Waals surface area contributed by atoms with Gasteiger partial charge in [0.2, 0.25) is 0 Å². The Bertz CT molecular complexity index is 2530. The fourth-order valence-electron chi connectivity index (χ4n) is 7.31. The van der Waals surface area contributed by atoms with Crippen LogP contribution in [-0.4, -0.2) is 15.0 Å². The van der Waals surface area contributed by atoms with Crippen molar-refractivity contribution in [2.75, 3.05) is 0 Å². The van der Waals surface area contributed by atoms with Gasteiger partial charge in [-0.2, -0.15) is 0 Å². The zero-order valence-electron chi connectivity index (χ0n) is 26.6. The number of hydrogen-bond donors (Lipinski definition) is 1. The maximum absolute atomic E-state index is 5.37. The third-order valence-corrected chi connectivity index (χ3v) is 9.71. The standard InChI is InChI=1S/C46H29N3/c1-4-12-29(13-5-1)32-22-35-24-36(23-32)42-19-11-21-44(48-42)40-28-34(31-16-8-3-9-17-31)26-38-37-25-33(30-14-6-2-7-15-30)27-39(45(37)49-46(38)40)43-20-10-18-41(35)47-43/h1-28,49H. The molecule has 0 amide bonds. The molecule has 0 saturated heterocycles. The van der Waals surface area contributed by atoms with Gasteiger partial charge in [-0.15, -0.1) is 0 Å². The molecular formula is C46H29N3. The second-order valence-corrected chi connectivity index (χ2v) is 12.7. The molecular weight excluding hydrogens is 595 g/mol. The molecule has 6 aromatic carbocycles. The van der Waals surface area contributed by atoms with Crippen molar-refractivity contribution in [3.8, 4) is 78.4 Å². The van der Waals surface area contributed by atoms with Crippen LogP contribution in [0.1, 0.15) is 0 Å². The van der Waals surface area contributed by atoms with E-state index in [4.69, 9.17) is 9.97 Å². The molecule has 0 atom stereocenters. The Morgan fingerprint density at radius 2 is 0.653 bits per heavy atom. The van der Waals surface area contributed by atoms with E-state index in [2.05, 4.69) is 175 Å². The van der Waals surface area contributed by atoms with E-state index in [1.54, 1.807) is 0 Å². The summed E-state index contributed by atoms with van der Waals surface area (Å²) in [5.74, 6) is 0. The lowest BCUT2D eigenvalue weighted by atomic mass is 9.95. The van der Waals surface area contributed by atoms with E-state index in [1.807, 2.05) is 0 Å². The third kappa shape index (κ3) is 4.67. The van der Waals surface area contributed by atoms with Crippen LogP contribution in [-0.2, 0) is 0 Å². The summed E-state index contributed by atoms with van der Waals surface area (Å²) in [5.41, 5.74) is 17.0. The van der Waals surface area contributed by atoms with Gasteiger partial charge in [-0.1, -0.05) is 103 Å². The summed E-state index contributed by atoms with van der Waals surface area (Å²) in [6, 6.07) is 60.5. The lowest BCUT2D eigenvalue weighted by Crippen LogP contribution is -1.94. The predicted octanol–water partition coefficient (Wildman–Crippen LogP) is 12.1. The number of nitrogens with zero attached hydrogens (tertiary/aromatic N) is 2. The Morgan fingerprint density at radius 3 is 1.08 bits per heavy atom. The first kappa shape index (κ1) is 27.5. The SMILES string of the molecule is c1ccc(-c2cc3cc(c2)-c2cccc(n2)-c2cc(-c4ccccc4)cc4c2[nH]c2c(cc(-c5ccccc5)cc24)-c2cccc-3n2)cc1. The van der Waals surface area contributed by atoms with Crippen LogP contribution in [0.15, 0.2) is 170 Å². The molecule has 3 nitrogen and oxygen atoms in total. The molecule has 0 radical (unpaired) electrons. The van der Waals surface area contributed by atoms with E-state index in [9.17, 15) is 0 Å². The average molecular weight is 624 g/mol. The maximum atomic E-state index is 5.37. The highest BCUT2D eigenvalue weighted by Gasteiger charge is 2.20. The van der Waals surface area contributed by atoms with Crippen LogP contribution in [0.25, 0.3) is 100 Å². The van der Waals surface area contributed by atoms with Crippen LogP contribution in [0.3, 0.4) is 0 Å². The third-order valence-electron chi connectivity index (χ3n) is 9.71. The summed E-state index contributed by atoms with van der Waals surface area (Å²) >= 11 is 0. The molecule has 8 bridgehead atoms. The fourth-order valence-corrected chi connectivity index (χ4v) is 7.31. The first-order valence-corrected chi connectivity index (χ1v) is 16.7. The minimum Gasteiger partial charge on any atom is -0.353 e. The van der Waals surface area contributed by atoms with Crippen molar-refractivity contribution >= 4 is 21.8 Å². The largest absolute Gasteiger partial charge is 0.353 e. The Balaban J connectivity index is 1.36. The number of aromatic nitrogens is 3. The van der Waals surface area contributed by atoms with E-state index in [0.29, 0.717) is 0 Å². The van der Waals surface area contributed by atoms with Gasteiger partial charge < -0.3 is 4.98 Å². The molecule has 9 aromatic rings. The molecule has 3 heteroatoms. The van der Waals surface area contributed by atoms with Crippen LogP contribution in [0.2, 0.25) is 0 Å². The number of hydrogen-bond acceptors (Lipinski definition) is 2. The minimum atomic E-state index is 0.922. The summed E-state index contributed by atoms with van der Waals surface area (Å²) < 4.78 is 0. The molecule has 0 fully saturated rings. The van der Waals surface area contributed by atoms with Crippen LogP contribution in [0.5, 0.6) is 0 Å². The highest BCUT2D eigenvalue weighted by atomic mass is 14.8. The average Bonchev–Trinajstić information content (AvgIpc) is 3.56. The second-order valence-electron chi connectivity index (χ2n) is 12.7. The summed E-state index contributed by atoms with van der Waals surface area (Å²) in [7, 11) is 0. The van der Waals surface area contributed by atoms with Crippen molar-refractivity contribution in [1.82, 2.24) is 15.0 Å². The normalized spacial score (nSPS) is 11.7. The highest BCUT2D eigenvalue weighted by Crippen LogP contribution is 2.43. The smallest absolute Gasteiger partial charge is 0.0730 e. The number of H-pyrrole nitrogens is 1. The molecule has 1 aliphatic rings. The molecule has 49 heavy (non-hydrogen) atoms. The molecule has 0 saturated carbocycles. The number of benzene rings is 6. The van der Waals surface area contributed by atoms with Gasteiger partial charge in [0.25, 0.3) is 0 Å². The molecule has 0 aliphatic carbocycles.